The van der Waals surface area contributed by atoms with Gasteiger partial charge < -0.3 is 10.1 Å². The van der Waals surface area contributed by atoms with Crippen molar-refractivity contribution in [3.63, 3.8) is 0 Å². The number of rotatable bonds is 6. The fraction of sp³-hybridized carbons (Fsp3) is 0.625. The van der Waals surface area contributed by atoms with Gasteiger partial charge in [0.05, 0.1) is 6.61 Å². The summed E-state index contributed by atoms with van der Waals surface area (Å²) in [6.45, 7) is 8.61. The average molecular weight is 282 g/mol. The fourth-order valence-corrected chi connectivity index (χ4v) is 2.86. The van der Waals surface area contributed by atoms with Crippen molar-refractivity contribution in [3.8, 4) is 5.75 Å². The molecule has 0 saturated heterocycles. The van der Waals surface area contributed by atoms with Crippen LogP contribution >= 0.6 is 11.6 Å². The van der Waals surface area contributed by atoms with E-state index >= 15 is 0 Å². The Labute approximate surface area is 121 Å². The zero-order valence-corrected chi connectivity index (χ0v) is 12.9. The quantitative estimate of drug-likeness (QED) is 0.855. The molecule has 2 atom stereocenters. The van der Waals surface area contributed by atoms with E-state index in [0.29, 0.717) is 12.0 Å². The minimum absolute atomic E-state index is 0.510. The first-order valence-corrected chi connectivity index (χ1v) is 7.67. The molecule has 0 radical (unpaired) electrons. The molecule has 1 aliphatic rings. The molecule has 0 saturated carbocycles. The molecule has 1 N–H and O–H groups in total. The van der Waals surface area contributed by atoms with Gasteiger partial charge in [0.15, 0.2) is 0 Å². The van der Waals surface area contributed by atoms with Gasteiger partial charge >= 0.3 is 0 Å². The summed E-state index contributed by atoms with van der Waals surface area (Å²) in [6.07, 6.45) is 3.18. The standard InChI is InChI=1S/C16H24ClNO/c1-4-6-18-12(3)11(2)8-14-10-15(17)9-13-5-7-19-16(13)14/h9-12,18H,4-8H2,1-3H3. The summed E-state index contributed by atoms with van der Waals surface area (Å²) >= 11 is 6.20. The third-order valence-electron chi connectivity index (χ3n) is 3.94. The second-order valence-corrected chi connectivity index (χ2v) is 6.01. The van der Waals surface area contributed by atoms with Gasteiger partial charge in [0.2, 0.25) is 0 Å². The minimum Gasteiger partial charge on any atom is -0.493 e. The summed E-state index contributed by atoms with van der Waals surface area (Å²) in [6, 6.07) is 4.61. The van der Waals surface area contributed by atoms with E-state index in [4.69, 9.17) is 16.3 Å². The fourth-order valence-electron chi connectivity index (χ4n) is 2.59. The molecule has 1 heterocycles. The van der Waals surface area contributed by atoms with E-state index in [-0.39, 0.29) is 0 Å². The van der Waals surface area contributed by atoms with Crippen molar-refractivity contribution in [3.05, 3.63) is 28.3 Å². The van der Waals surface area contributed by atoms with Gasteiger partial charge in [-0.3, -0.25) is 0 Å². The van der Waals surface area contributed by atoms with Crippen LogP contribution in [0.2, 0.25) is 5.02 Å². The maximum Gasteiger partial charge on any atom is 0.125 e. The molecular formula is C16H24ClNO. The predicted molar refractivity (Wildman–Crippen MR) is 81.3 cm³/mol. The lowest BCUT2D eigenvalue weighted by Crippen LogP contribution is -2.33. The molecule has 2 nitrogen and oxygen atoms in total. The first-order valence-electron chi connectivity index (χ1n) is 7.29. The van der Waals surface area contributed by atoms with Crippen LogP contribution in [0.15, 0.2) is 12.1 Å². The smallest absolute Gasteiger partial charge is 0.125 e. The van der Waals surface area contributed by atoms with Crippen molar-refractivity contribution in [2.75, 3.05) is 13.2 Å². The predicted octanol–water partition coefficient (Wildman–Crippen LogP) is 3.84. The van der Waals surface area contributed by atoms with Gasteiger partial charge in [-0.15, -0.1) is 0 Å². The summed E-state index contributed by atoms with van der Waals surface area (Å²) in [5, 5.41) is 4.39. The van der Waals surface area contributed by atoms with Crippen LogP contribution in [-0.4, -0.2) is 19.2 Å². The van der Waals surface area contributed by atoms with Crippen molar-refractivity contribution < 1.29 is 4.74 Å². The summed E-state index contributed by atoms with van der Waals surface area (Å²) in [7, 11) is 0. The number of ether oxygens (including phenoxy) is 1. The van der Waals surface area contributed by atoms with Crippen LogP contribution in [0.4, 0.5) is 0 Å². The Kier molecular flexibility index (Phi) is 5.12. The van der Waals surface area contributed by atoms with E-state index in [0.717, 1.165) is 36.8 Å². The Morgan fingerprint density at radius 2 is 2.16 bits per heavy atom. The SMILES string of the molecule is CCCNC(C)C(C)Cc1cc(Cl)cc2c1OCC2. The number of halogens is 1. The Hall–Kier alpha value is -0.730. The van der Waals surface area contributed by atoms with Crippen molar-refractivity contribution in [2.24, 2.45) is 5.92 Å². The molecule has 106 valence electrons. The monoisotopic (exact) mass is 281 g/mol. The summed E-state index contributed by atoms with van der Waals surface area (Å²) in [5.41, 5.74) is 2.53. The highest BCUT2D eigenvalue weighted by atomic mass is 35.5. The van der Waals surface area contributed by atoms with Gasteiger partial charge in [-0.05, 0) is 55.5 Å². The van der Waals surface area contributed by atoms with Gasteiger partial charge in [0, 0.05) is 17.5 Å². The number of nitrogens with one attached hydrogen (secondary N) is 1. The molecule has 0 fully saturated rings. The molecule has 2 rings (SSSR count). The average Bonchev–Trinajstić information content (AvgIpc) is 2.83. The zero-order chi connectivity index (χ0) is 13.8. The molecule has 0 bridgehead atoms. The number of benzene rings is 1. The van der Waals surface area contributed by atoms with Crippen molar-refractivity contribution in [1.82, 2.24) is 5.32 Å². The summed E-state index contributed by atoms with van der Waals surface area (Å²) in [4.78, 5) is 0. The van der Waals surface area contributed by atoms with Crippen LogP contribution < -0.4 is 10.1 Å². The first kappa shape index (κ1) is 14.7. The second-order valence-electron chi connectivity index (χ2n) is 5.58. The topological polar surface area (TPSA) is 21.3 Å². The van der Waals surface area contributed by atoms with Gasteiger partial charge in [-0.1, -0.05) is 25.4 Å². The third kappa shape index (κ3) is 3.64. The van der Waals surface area contributed by atoms with Crippen LogP contribution in [0, 0.1) is 5.92 Å². The molecule has 0 aliphatic carbocycles. The van der Waals surface area contributed by atoms with E-state index in [1.807, 2.05) is 6.07 Å². The van der Waals surface area contributed by atoms with Crippen molar-refractivity contribution in [1.29, 1.82) is 0 Å². The Balaban J connectivity index is 2.06. The molecule has 0 aromatic heterocycles. The van der Waals surface area contributed by atoms with Crippen molar-refractivity contribution >= 4 is 11.6 Å². The number of hydrogen-bond acceptors (Lipinski definition) is 2. The van der Waals surface area contributed by atoms with E-state index in [1.165, 1.54) is 17.5 Å². The lowest BCUT2D eigenvalue weighted by atomic mass is 9.93. The van der Waals surface area contributed by atoms with E-state index in [1.54, 1.807) is 0 Å². The van der Waals surface area contributed by atoms with Crippen LogP contribution in [0.3, 0.4) is 0 Å². The molecule has 3 heteroatoms. The molecule has 2 unspecified atom stereocenters. The Bertz CT molecular complexity index is 433. The lowest BCUT2D eigenvalue weighted by Gasteiger charge is -2.22. The molecule has 19 heavy (non-hydrogen) atoms. The highest BCUT2D eigenvalue weighted by Gasteiger charge is 2.20. The highest BCUT2D eigenvalue weighted by Crippen LogP contribution is 2.34. The minimum atomic E-state index is 0.510. The number of hydrogen-bond donors (Lipinski definition) is 1. The van der Waals surface area contributed by atoms with Crippen LogP contribution in [-0.2, 0) is 12.8 Å². The van der Waals surface area contributed by atoms with Crippen LogP contribution in [0.5, 0.6) is 5.75 Å². The van der Waals surface area contributed by atoms with Crippen LogP contribution in [0.25, 0.3) is 0 Å². The lowest BCUT2D eigenvalue weighted by molar-refractivity contribution is 0.346. The number of fused-ring (bicyclic) bond motifs is 1. The first-order chi connectivity index (χ1) is 9.11. The van der Waals surface area contributed by atoms with Crippen LogP contribution in [0.1, 0.15) is 38.3 Å². The normalized spacial score (nSPS) is 16.8. The Morgan fingerprint density at radius 3 is 2.89 bits per heavy atom. The summed E-state index contributed by atoms with van der Waals surface area (Å²) < 4.78 is 5.77. The maximum atomic E-state index is 6.20. The summed E-state index contributed by atoms with van der Waals surface area (Å²) in [5.74, 6) is 1.65. The van der Waals surface area contributed by atoms with E-state index < -0.39 is 0 Å². The van der Waals surface area contributed by atoms with Gasteiger partial charge in [-0.2, -0.15) is 0 Å². The molecule has 1 aliphatic heterocycles. The molecule has 0 spiro atoms. The van der Waals surface area contributed by atoms with E-state index in [2.05, 4.69) is 32.2 Å². The molecule has 1 aromatic rings. The largest absolute Gasteiger partial charge is 0.493 e. The van der Waals surface area contributed by atoms with Gasteiger partial charge in [0.1, 0.15) is 5.75 Å². The second kappa shape index (κ2) is 6.62. The van der Waals surface area contributed by atoms with Crippen molar-refractivity contribution in [2.45, 2.75) is 46.1 Å². The molecular weight excluding hydrogens is 258 g/mol. The Morgan fingerprint density at radius 1 is 1.37 bits per heavy atom. The van der Waals surface area contributed by atoms with Gasteiger partial charge in [0.25, 0.3) is 0 Å². The highest BCUT2D eigenvalue weighted by molar-refractivity contribution is 6.30. The zero-order valence-electron chi connectivity index (χ0n) is 12.1. The molecule has 1 aromatic carbocycles. The van der Waals surface area contributed by atoms with E-state index in [9.17, 15) is 0 Å². The third-order valence-corrected chi connectivity index (χ3v) is 4.16. The maximum absolute atomic E-state index is 6.20. The molecule has 0 amide bonds. The van der Waals surface area contributed by atoms with Gasteiger partial charge in [-0.25, -0.2) is 0 Å².